The normalized spacial score (nSPS) is 10.2. The number of nitrogens with one attached hydrogen (secondary N) is 1. The molecule has 0 aliphatic carbocycles. The molecule has 3 N–H and O–H groups in total. The van der Waals surface area contributed by atoms with E-state index in [4.69, 9.17) is 17.3 Å². The Bertz CT molecular complexity index is 490. The average molecular weight is 249 g/mol. The van der Waals surface area contributed by atoms with Gasteiger partial charge in [0.15, 0.2) is 0 Å². The molecule has 0 aliphatic rings. The molecular formula is C12H13ClN4. The Morgan fingerprint density at radius 2 is 2.12 bits per heavy atom. The molecule has 0 saturated carbocycles. The fraction of sp³-hybridized carbons (Fsp3) is 0.167. The third-order valence-electron chi connectivity index (χ3n) is 2.33. The number of hydrogen-bond acceptors (Lipinski definition) is 4. The van der Waals surface area contributed by atoms with Crippen molar-refractivity contribution in [1.29, 1.82) is 0 Å². The summed E-state index contributed by atoms with van der Waals surface area (Å²) in [6.07, 6.45) is 3.46. The number of nitrogen functional groups attached to an aromatic ring is 1. The van der Waals surface area contributed by atoms with E-state index in [2.05, 4.69) is 15.3 Å². The van der Waals surface area contributed by atoms with Crippen molar-refractivity contribution < 1.29 is 0 Å². The largest absolute Gasteiger partial charge is 0.397 e. The van der Waals surface area contributed by atoms with Crippen LogP contribution in [0.3, 0.4) is 0 Å². The third kappa shape index (κ3) is 2.85. The van der Waals surface area contributed by atoms with Crippen molar-refractivity contribution in [2.75, 3.05) is 11.1 Å². The van der Waals surface area contributed by atoms with Gasteiger partial charge in [0.25, 0.3) is 0 Å². The van der Waals surface area contributed by atoms with E-state index in [1.165, 1.54) is 0 Å². The standard InChI is InChI=1S/C12H13ClN4/c1-8-5-16-9(6-15-8)7-17-12-10(13)3-2-4-11(12)14/h2-6,17H,7,14H2,1H3. The molecule has 0 aliphatic heterocycles. The van der Waals surface area contributed by atoms with E-state index in [0.29, 0.717) is 17.3 Å². The zero-order chi connectivity index (χ0) is 12.3. The van der Waals surface area contributed by atoms with Gasteiger partial charge in [-0.2, -0.15) is 0 Å². The molecule has 1 heterocycles. The summed E-state index contributed by atoms with van der Waals surface area (Å²) >= 11 is 6.04. The second kappa shape index (κ2) is 5.01. The van der Waals surface area contributed by atoms with Crippen LogP contribution in [0.5, 0.6) is 0 Å². The van der Waals surface area contributed by atoms with Gasteiger partial charge in [-0.1, -0.05) is 17.7 Å². The first-order valence-electron chi connectivity index (χ1n) is 5.22. The smallest absolute Gasteiger partial charge is 0.0777 e. The molecule has 4 nitrogen and oxygen atoms in total. The predicted molar refractivity (Wildman–Crippen MR) is 70.0 cm³/mol. The number of aromatic nitrogens is 2. The highest BCUT2D eigenvalue weighted by molar-refractivity contribution is 6.33. The summed E-state index contributed by atoms with van der Waals surface area (Å²) in [5.74, 6) is 0. The Morgan fingerprint density at radius 3 is 2.76 bits per heavy atom. The lowest BCUT2D eigenvalue weighted by Crippen LogP contribution is -2.05. The summed E-state index contributed by atoms with van der Waals surface area (Å²) in [5.41, 5.74) is 8.92. The van der Waals surface area contributed by atoms with Crippen molar-refractivity contribution in [2.24, 2.45) is 0 Å². The monoisotopic (exact) mass is 248 g/mol. The molecule has 2 rings (SSSR count). The Kier molecular flexibility index (Phi) is 3.44. The van der Waals surface area contributed by atoms with Crippen molar-refractivity contribution in [2.45, 2.75) is 13.5 Å². The molecule has 88 valence electrons. The van der Waals surface area contributed by atoms with Crippen LogP contribution in [-0.4, -0.2) is 9.97 Å². The molecule has 0 atom stereocenters. The van der Waals surface area contributed by atoms with Gasteiger partial charge in [-0.15, -0.1) is 0 Å². The van der Waals surface area contributed by atoms with Gasteiger partial charge in [0, 0.05) is 6.20 Å². The van der Waals surface area contributed by atoms with Gasteiger partial charge in [0.05, 0.1) is 40.5 Å². The molecule has 17 heavy (non-hydrogen) atoms. The van der Waals surface area contributed by atoms with Crippen molar-refractivity contribution >= 4 is 23.0 Å². The van der Waals surface area contributed by atoms with Crippen LogP contribution in [0.2, 0.25) is 5.02 Å². The van der Waals surface area contributed by atoms with Gasteiger partial charge in [-0.3, -0.25) is 9.97 Å². The van der Waals surface area contributed by atoms with E-state index in [1.54, 1.807) is 24.5 Å². The first-order chi connectivity index (χ1) is 8.16. The summed E-state index contributed by atoms with van der Waals surface area (Å²) in [5, 5.41) is 3.76. The van der Waals surface area contributed by atoms with Crippen LogP contribution in [0.15, 0.2) is 30.6 Å². The molecule has 0 spiro atoms. The topological polar surface area (TPSA) is 63.8 Å². The predicted octanol–water partition coefficient (Wildman–Crippen LogP) is 2.63. The van der Waals surface area contributed by atoms with E-state index in [0.717, 1.165) is 17.1 Å². The SMILES string of the molecule is Cc1cnc(CNc2c(N)cccc2Cl)cn1. The Hall–Kier alpha value is -1.81. The van der Waals surface area contributed by atoms with Crippen LogP contribution < -0.4 is 11.1 Å². The molecule has 0 unspecified atom stereocenters. The fourth-order valence-corrected chi connectivity index (χ4v) is 1.67. The maximum Gasteiger partial charge on any atom is 0.0777 e. The van der Waals surface area contributed by atoms with Gasteiger partial charge in [-0.25, -0.2) is 0 Å². The van der Waals surface area contributed by atoms with Gasteiger partial charge in [0.2, 0.25) is 0 Å². The van der Waals surface area contributed by atoms with Crippen LogP contribution in [0.1, 0.15) is 11.4 Å². The van der Waals surface area contributed by atoms with Crippen LogP contribution >= 0.6 is 11.6 Å². The third-order valence-corrected chi connectivity index (χ3v) is 2.64. The maximum absolute atomic E-state index is 6.04. The minimum Gasteiger partial charge on any atom is -0.397 e. The highest BCUT2D eigenvalue weighted by atomic mass is 35.5. The lowest BCUT2D eigenvalue weighted by atomic mass is 10.2. The van der Waals surface area contributed by atoms with Crippen molar-refractivity contribution in [3.05, 3.63) is 47.0 Å². The highest BCUT2D eigenvalue weighted by Gasteiger charge is 2.04. The number of benzene rings is 1. The number of halogens is 1. The molecule has 1 aromatic carbocycles. The van der Waals surface area contributed by atoms with Gasteiger partial charge >= 0.3 is 0 Å². The van der Waals surface area contributed by atoms with Crippen molar-refractivity contribution in [3.8, 4) is 0 Å². The van der Waals surface area contributed by atoms with E-state index in [9.17, 15) is 0 Å². The first-order valence-corrected chi connectivity index (χ1v) is 5.60. The van der Waals surface area contributed by atoms with Crippen LogP contribution in [0, 0.1) is 6.92 Å². The summed E-state index contributed by atoms with van der Waals surface area (Å²) in [6.45, 7) is 2.44. The molecule has 0 fully saturated rings. The number of anilines is 2. The zero-order valence-electron chi connectivity index (χ0n) is 9.44. The van der Waals surface area contributed by atoms with E-state index < -0.39 is 0 Å². The number of hydrogen-bond donors (Lipinski definition) is 2. The van der Waals surface area contributed by atoms with E-state index in [1.807, 2.05) is 13.0 Å². The number of rotatable bonds is 3. The molecule has 5 heteroatoms. The lowest BCUT2D eigenvalue weighted by molar-refractivity contribution is 0.985. The van der Waals surface area contributed by atoms with Gasteiger partial charge < -0.3 is 11.1 Å². The van der Waals surface area contributed by atoms with Crippen LogP contribution in [0.25, 0.3) is 0 Å². The molecule has 1 aromatic heterocycles. The maximum atomic E-state index is 6.04. The quantitative estimate of drug-likeness (QED) is 0.820. The molecule has 2 aromatic rings. The minimum atomic E-state index is 0.543. The molecule has 0 saturated heterocycles. The number of nitrogens with zero attached hydrogens (tertiary/aromatic N) is 2. The minimum absolute atomic E-state index is 0.543. The second-order valence-corrected chi connectivity index (χ2v) is 4.11. The van der Waals surface area contributed by atoms with E-state index >= 15 is 0 Å². The lowest BCUT2D eigenvalue weighted by Gasteiger charge is -2.10. The molecule has 0 radical (unpaired) electrons. The average Bonchev–Trinajstić information content (AvgIpc) is 2.31. The van der Waals surface area contributed by atoms with Crippen LogP contribution in [0.4, 0.5) is 11.4 Å². The van der Waals surface area contributed by atoms with Crippen LogP contribution in [-0.2, 0) is 6.54 Å². The summed E-state index contributed by atoms with van der Waals surface area (Å²) < 4.78 is 0. The number of aryl methyl sites for hydroxylation is 1. The summed E-state index contributed by atoms with van der Waals surface area (Å²) in [4.78, 5) is 8.41. The number of para-hydroxylation sites is 1. The Balaban J connectivity index is 2.10. The zero-order valence-corrected chi connectivity index (χ0v) is 10.2. The Morgan fingerprint density at radius 1 is 1.29 bits per heavy atom. The van der Waals surface area contributed by atoms with E-state index in [-0.39, 0.29) is 0 Å². The molecule has 0 amide bonds. The van der Waals surface area contributed by atoms with Gasteiger partial charge in [-0.05, 0) is 19.1 Å². The van der Waals surface area contributed by atoms with Crippen molar-refractivity contribution in [1.82, 2.24) is 9.97 Å². The molecule has 0 bridgehead atoms. The summed E-state index contributed by atoms with van der Waals surface area (Å²) in [7, 11) is 0. The summed E-state index contributed by atoms with van der Waals surface area (Å²) in [6, 6.07) is 5.41. The van der Waals surface area contributed by atoms with Crippen molar-refractivity contribution in [3.63, 3.8) is 0 Å². The number of nitrogens with two attached hydrogens (primary N) is 1. The molecular weight excluding hydrogens is 236 g/mol. The first kappa shape index (κ1) is 11.7. The second-order valence-electron chi connectivity index (χ2n) is 3.71. The highest BCUT2D eigenvalue weighted by Crippen LogP contribution is 2.27. The van der Waals surface area contributed by atoms with Gasteiger partial charge in [0.1, 0.15) is 0 Å². The Labute approximate surface area is 105 Å². The fourth-order valence-electron chi connectivity index (χ4n) is 1.42.